The van der Waals surface area contributed by atoms with Crippen molar-refractivity contribution in [1.82, 2.24) is 0 Å². The fraction of sp³-hybridized carbons (Fsp3) is 0.125. The van der Waals surface area contributed by atoms with Crippen LogP contribution in [0.5, 0.6) is 5.75 Å². The Hall–Kier alpha value is -3.42. The number of carbonyl (C=O) groups is 2. The number of aryl methyl sites for hydroxylation is 1. The molecule has 0 aliphatic rings. The quantitative estimate of drug-likeness (QED) is 0.508. The molecule has 0 radical (unpaired) electrons. The van der Waals surface area contributed by atoms with Crippen LogP contribution >= 0.6 is 0 Å². The third-order valence-corrected chi connectivity index (χ3v) is 3.12. The number of nitrogens with zero attached hydrogens (tertiary/aromatic N) is 1. The van der Waals surface area contributed by atoms with Crippen molar-refractivity contribution in [1.29, 1.82) is 0 Å². The maximum atomic E-state index is 12.0. The summed E-state index contributed by atoms with van der Waals surface area (Å²) in [7, 11) is 1.45. The molecule has 0 saturated heterocycles. The van der Waals surface area contributed by atoms with E-state index in [0.717, 1.165) is 5.56 Å². The first-order valence-electron chi connectivity index (χ1n) is 6.92. The van der Waals surface area contributed by atoms with E-state index in [1.165, 1.54) is 31.4 Å². The lowest BCUT2D eigenvalue weighted by atomic mass is 10.2. The van der Waals surface area contributed by atoms with Crippen molar-refractivity contribution in [2.75, 3.05) is 17.7 Å². The lowest BCUT2D eigenvalue weighted by molar-refractivity contribution is -0.384. The van der Waals surface area contributed by atoms with Crippen molar-refractivity contribution >= 4 is 28.9 Å². The van der Waals surface area contributed by atoms with Gasteiger partial charge in [-0.3, -0.25) is 19.7 Å². The van der Waals surface area contributed by atoms with Crippen molar-refractivity contribution in [2.45, 2.75) is 6.92 Å². The van der Waals surface area contributed by atoms with Crippen LogP contribution in [-0.2, 0) is 9.59 Å². The van der Waals surface area contributed by atoms with Crippen LogP contribution in [0.3, 0.4) is 0 Å². The molecule has 0 aliphatic heterocycles. The van der Waals surface area contributed by atoms with Crippen LogP contribution in [0.25, 0.3) is 0 Å². The fourth-order valence-electron chi connectivity index (χ4n) is 1.98. The summed E-state index contributed by atoms with van der Waals surface area (Å²) in [5.41, 5.74) is 1.20. The van der Waals surface area contributed by atoms with Crippen LogP contribution < -0.4 is 15.4 Å². The molecular formula is C16H15N3O5. The van der Waals surface area contributed by atoms with E-state index in [9.17, 15) is 19.7 Å². The number of anilines is 2. The van der Waals surface area contributed by atoms with Gasteiger partial charge in [-0.05, 0) is 30.7 Å². The zero-order valence-electron chi connectivity index (χ0n) is 13.0. The van der Waals surface area contributed by atoms with Gasteiger partial charge in [-0.1, -0.05) is 12.1 Å². The van der Waals surface area contributed by atoms with Gasteiger partial charge in [-0.15, -0.1) is 0 Å². The van der Waals surface area contributed by atoms with E-state index in [1.54, 1.807) is 18.2 Å². The Bertz CT molecular complexity index is 804. The molecule has 24 heavy (non-hydrogen) atoms. The zero-order valence-corrected chi connectivity index (χ0v) is 13.0. The molecule has 2 amide bonds. The first kappa shape index (κ1) is 16.9. The Balaban J connectivity index is 2.10. The minimum Gasteiger partial charge on any atom is -0.495 e. The summed E-state index contributed by atoms with van der Waals surface area (Å²) in [6.45, 7) is 1.83. The van der Waals surface area contributed by atoms with Gasteiger partial charge in [0.1, 0.15) is 5.75 Å². The third kappa shape index (κ3) is 4.07. The number of ether oxygens (including phenoxy) is 1. The van der Waals surface area contributed by atoms with Gasteiger partial charge in [0.05, 0.1) is 17.7 Å². The SMILES string of the molecule is COc1ccc(C)cc1NC(=O)C(=O)Nc1cccc([N+](=O)[O-])c1. The number of hydrogen-bond donors (Lipinski definition) is 2. The maximum absolute atomic E-state index is 12.0. The van der Waals surface area contributed by atoms with Gasteiger partial charge in [0.15, 0.2) is 0 Å². The lowest BCUT2D eigenvalue weighted by Gasteiger charge is -2.11. The molecular weight excluding hydrogens is 314 g/mol. The van der Waals surface area contributed by atoms with E-state index in [4.69, 9.17) is 4.74 Å². The number of nitrogens with one attached hydrogen (secondary N) is 2. The Labute approximate surface area is 137 Å². The average molecular weight is 329 g/mol. The van der Waals surface area contributed by atoms with Crippen molar-refractivity contribution in [3.05, 3.63) is 58.1 Å². The zero-order chi connectivity index (χ0) is 17.7. The normalized spacial score (nSPS) is 9.92. The highest BCUT2D eigenvalue weighted by molar-refractivity contribution is 6.43. The standard InChI is InChI=1S/C16H15N3O5/c1-10-6-7-14(24-2)13(8-10)18-16(21)15(20)17-11-4-3-5-12(9-11)19(22)23/h3-9H,1-2H3,(H,17,20)(H,18,21). The molecule has 124 valence electrons. The van der Waals surface area contributed by atoms with E-state index >= 15 is 0 Å². The molecule has 8 nitrogen and oxygen atoms in total. The van der Waals surface area contributed by atoms with E-state index in [-0.39, 0.29) is 11.4 Å². The van der Waals surface area contributed by atoms with Crippen LogP contribution in [0, 0.1) is 17.0 Å². The highest BCUT2D eigenvalue weighted by Crippen LogP contribution is 2.25. The Kier molecular flexibility index (Phi) is 5.10. The molecule has 0 atom stereocenters. The van der Waals surface area contributed by atoms with Gasteiger partial charge < -0.3 is 15.4 Å². The number of benzene rings is 2. The van der Waals surface area contributed by atoms with Crippen molar-refractivity contribution in [3.8, 4) is 5.75 Å². The van der Waals surface area contributed by atoms with Crippen LogP contribution in [-0.4, -0.2) is 23.8 Å². The molecule has 2 rings (SSSR count). The molecule has 0 bridgehead atoms. The fourth-order valence-corrected chi connectivity index (χ4v) is 1.98. The number of nitro groups is 1. The summed E-state index contributed by atoms with van der Waals surface area (Å²) in [5.74, 6) is -1.44. The first-order chi connectivity index (χ1) is 11.4. The number of non-ortho nitro benzene ring substituents is 1. The molecule has 0 aromatic heterocycles. The third-order valence-electron chi connectivity index (χ3n) is 3.12. The first-order valence-corrected chi connectivity index (χ1v) is 6.92. The summed E-state index contributed by atoms with van der Waals surface area (Å²) < 4.78 is 5.12. The molecule has 2 aromatic carbocycles. The average Bonchev–Trinajstić information content (AvgIpc) is 2.55. The van der Waals surface area contributed by atoms with Gasteiger partial charge >= 0.3 is 11.8 Å². The summed E-state index contributed by atoms with van der Waals surface area (Å²) in [5, 5.41) is 15.5. The summed E-state index contributed by atoms with van der Waals surface area (Å²) in [6.07, 6.45) is 0. The van der Waals surface area contributed by atoms with Gasteiger partial charge in [-0.25, -0.2) is 0 Å². The van der Waals surface area contributed by atoms with Crippen LogP contribution in [0.15, 0.2) is 42.5 Å². The predicted octanol–water partition coefficient (Wildman–Crippen LogP) is 2.49. The number of hydrogen-bond acceptors (Lipinski definition) is 5. The molecule has 2 N–H and O–H groups in total. The topological polar surface area (TPSA) is 111 Å². The molecule has 0 spiro atoms. The number of rotatable bonds is 4. The van der Waals surface area contributed by atoms with Gasteiger partial charge in [0.25, 0.3) is 5.69 Å². The van der Waals surface area contributed by atoms with Gasteiger partial charge in [0, 0.05) is 17.8 Å². The van der Waals surface area contributed by atoms with E-state index in [2.05, 4.69) is 10.6 Å². The highest BCUT2D eigenvalue weighted by atomic mass is 16.6. The number of nitro benzene ring substituents is 1. The Morgan fingerprint density at radius 3 is 2.46 bits per heavy atom. The van der Waals surface area contributed by atoms with E-state index < -0.39 is 16.7 Å². The van der Waals surface area contributed by atoms with Crippen LogP contribution in [0.1, 0.15) is 5.56 Å². The Morgan fingerprint density at radius 2 is 1.79 bits per heavy atom. The lowest BCUT2D eigenvalue weighted by Crippen LogP contribution is -2.29. The molecule has 0 fully saturated rings. The van der Waals surface area contributed by atoms with Crippen molar-refractivity contribution < 1.29 is 19.2 Å². The van der Waals surface area contributed by atoms with Crippen molar-refractivity contribution in [3.63, 3.8) is 0 Å². The van der Waals surface area contributed by atoms with Crippen molar-refractivity contribution in [2.24, 2.45) is 0 Å². The largest absolute Gasteiger partial charge is 0.495 e. The van der Waals surface area contributed by atoms with Crippen LogP contribution in [0.4, 0.5) is 17.1 Å². The van der Waals surface area contributed by atoms with E-state index in [0.29, 0.717) is 11.4 Å². The Morgan fingerprint density at radius 1 is 1.08 bits per heavy atom. The second-order valence-corrected chi connectivity index (χ2v) is 4.92. The predicted molar refractivity (Wildman–Crippen MR) is 88.1 cm³/mol. The smallest absolute Gasteiger partial charge is 0.314 e. The minimum absolute atomic E-state index is 0.153. The molecule has 2 aromatic rings. The van der Waals surface area contributed by atoms with E-state index in [1.807, 2.05) is 6.92 Å². The monoisotopic (exact) mass is 329 g/mol. The summed E-state index contributed by atoms with van der Waals surface area (Å²) in [6, 6.07) is 10.4. The van der Waals surface area contributed by atoms with Gasteiger partial charge in [0.2, 0.25) is 0 Å². The second kappa shape index (κ2) is 7.23. The summed E-state index contributed by atoms with van der Waals surface area (Å²) >= 11 is 0. The maximum Gasteiger partial charge on any atom is 0.314 e. The second-order valence-electron chi connectivity index (χ2n) is 4.92. The van der Waals surface area contributed by atoms with Gasteiger partial charge in [-0.2, -0.15) is 0 Å². The molecule has 0 saturated carbocycles. The minimum atomic E-state index is -0.945. The number of carbonyl (C=O) groups excluding carboxylic acids is 2. The molecule has 0 unspecified atom stereocenters. The van der Waals surface area contributed by atoms with Crippen LogP contribution in [0.2, 0.25) is 0 Å². The molecule has 8 heteroatoms. The molecule has 0 aliphatic carbocycles. The highest BCUT2D eigenvalue weighted by Gasteiger charge is 2.17. The number of amides is 2. The molecule has 0 heterocycles. The number of methoxy groups -OCH3 is 1. The summed E-state index contributed by atoms with van der Waals surface area (Å²) in [4.78, 5) is 34.1.